The molecule has 0 radical (unpaired) electrons. The number of hydrogen-bond acceptors (Lipinski definition) is 5. The van der Waals surface area contributed by atoms with Crippen LogP contribution in [0.5, 0.6) is 5.75 Å². The van der Waals surface area contributed by atoms with Crippen LogP contribution in [0, 0.1) is 5.92 Å². The number of ether oxygens (including phenoxy) is 1. The highest BCUT2D eigenvalue weighted by Crippen LogP contribution is 2.33. The number of aromatic carboxylic acids is 1. The molecule has 2 N–H and O–H groups in total. The summed E-state index contributed by atoms with van der Waals surface area (Å²) in [4.78, 5) is 39.7. The second kappa shape index (κ2) is 10.3. The number of nitrogens with zero attached hydrogens (tertiary/aromatic N) is 1. The number of benzene rings is 1. The summed E-state index contributed by atoms with van der Waals surface area (Å²) in [5.41, 5.74) is 1.16. The van der Waals surface area contributed by atoms with Crippen LogP contribution in [-0.4, -0.2) is 41.9 Å². The van der Waals surface area contributed by atoms with Crippen LogP contribution < -0.4 is 10.1 Å². The number of aromatic nitrogens is 1. The van der Waals surface area contributed by atoms with Gasteiger partial charge in [0.25, 0.3) is 5.91 Å². The van der Waals surface area contributed by atoms with Gasteiger partial charge in [0.05, 0.1) is 7.11 Å². The highest BCUT2D eigenvalue weighted by atomic mass is 16.5. The van der Waals surface area contributed by atoms with Crippen molar-refractivity contribution in [3.63, 3.8) is 0 Å². The van der Waals surface area contributed by atoms with Gasteiger partial charge in [-0.05, 0) is 48.6 Å². The van der Waals surface area contributed by atoms with Gasteiger partial charge < -0.3 is 15.2 Å². The van der Waals surface area contributed by atoms with Crippen LogP contribution in [0.25, 0.3) is 17.2 Å². The number of amides is 1. The van der Waals surface area contributed by atoms with Crippen molar-refractivity contribution in [2.75, 3.05) is 13.7 Å². The summed E-state index contributed by atoms with van der Waals surface area (Å²) in [5, 5.41) is 12.4. The minimum absolute atomic E-state index is 0.0177. The van der Waals surface area contributed by atoms with Gasteiger partial charge in [0.1, 0.15) is 11.4 Å². The van der Waals surface area contributed by atoms with Crippen LogP contribution in [0.2, 0.25) is 0 Å². The molecule has 1 aliphatic rings. The molecule has 0 spiro atoms. The zero-order valence-corrected chi connectivity index (χ0v) is 17.4. The Hall–Kier alpha value is -3.48. The Kier molecular flexibility index (Phi) is 7.86. The maximum atomic E-state index is 12.3. The van der Waals surface area contributed by atoms with Crippen LogP contribution in [-0.2, 0) is 0 Å². The second-order valence-corrected chi connectivity index (χ2v) is 6.55. The van der Waals surface area contributed by atoms with Gasteiger partial charge >= 0.3 is 5.97 Å². The molecular formula is C23H26N2O5. The summed E-state index contributed by atoms with van der Waals surface area (Å²) in [6.45, 7) is 8.24. The summed E-state index contributed by atoms with van der Waals surface area (Å²) in [6, 6.07) is 6.07. The van der Waals surface area contributed by atoms with Gasteiger partial charge in [-0.2, -0.15) is 0 Å². The van der Waals surface area contributed by atoms with Crippen molar-refractivity contribution in [1.29, 1.82) is 0 Å². The summed E-state index contributed by atoms with van der Waals surface area (Å²) >= 11 is 0. The van der Waals surface area contributed by atoms with E-state index in [9.17, 15) is 19.5 Å². The molecule has 0 bridgehead atoms. The highest BCUT2D eigenvalue weighted by Gasteiger charge is 2.24. The van der Waals surface area contributed by atoms with Crippen LogP contribution in [0.3, 0.4) is 0 Å². The first-order valence-corrected chi connectivity index (χ1v) is 9.81. The summed E-state index contributed by atoms with van der Waals surface area (Å²) in [5.74, 6) is -0.780. The molecule has 0 atom stereocenters. The van der Waals surface area contributed by atoms with Gasteiger partial charge in [-0.3, -0.25) is 9.59 Å². The van der Waals surface area contributed by atoms with Crippen molar-refractivity contribution in [3.8, 4) is 16.9 Å². The molecule has 1 aromatic carbocycles. The van der Waals surface area contributed by atoms with E-state index in [1.54, 1.807) is 18.2 Å². The molecule has 7 heteroatoms. The van der Waals surface area contributed by atoms with E-state index in [0.29, 0.717) is 35.6 Å². The van der Waals surface area contributed by atoms with Crippen molar-refractivity contribution in [2.45, 2.75) is 26.7 Å². The normalized spacial score (nSPS) is 12.2. The van der Waals surface area contributed by atoms with Gasteiger partial charge in [-0.25, -0.2) is 9.78 Å². The Morgan fingerprint density at radius 3 is 2.47 bits per heavy atom. The fourth-order valence-corrected chi connectivity index (χ4v) is 2.90. The predicted octanol–water partition coefficient (Wildman–Crippen LogP) is 4.08. The molecule has 1 amide bonds. The summed E-state index contributed by atoms with van der Waals surface area (Å²) in [6.07, 6.45) is 4.34. The number of hydrogen-bond donors (Lipinski definition) is 2. The molecule has 30 heavy (non-hydrogen) atoms. The molecule has 2 aromatic rings. The largest absolute Gasteiger partial charge is 0.496 e. The number of pyridine rings is 1. The first-order valence-electron chi connectivity index (χ1n) is 9.81. The fourth-order valence-electron chi connectivity index (χ4n) is 2.90. The molecule has 0 saturated heterocycles. The first-order chi connectivity index (χ1) is 14.5. The van der Waals surface area contributed by atoms with E-state index in [2.05, 4.69) is 16.9 Å². The minimum Gasteiger partial charge on any atom is -0.496 e. The van der Waals surface area contributed by atoms with Crippen LogP contribution in [0.4, 0.5) is 0 Å². The van der Waals surface area contributed by atoms with E-state index in [1.165, 1.54) is 19.2 Å². The number of nitrogens with one attached hydrogen (secondary N) is 1. The Balaban J connectivity index is 0.00000155. The molecule has 1 heterocycles. The topological polar surface area (TPSA) is 106 Å². The summed E-state index contributed by atoms with van der Waals surface area (Å²) < 4.78 is 5.30. The molecule has 7 nitrogen and oxygen atoms in total. The van der Waals surface area contributed by atoms with Crippen molar-refractivity contribution in [2.24, 2.45) is 5.92 Å². The van der Waals surface area contributed by atoms with Crippen LogP contribution in [0.1, 0.15) is 63.6 Å². The number of methoxy groups -OCH3 is 1. The monoisotopic (exact) mass is 410 g/mol. The molecule has 1 saturated carbocycles. The van der Waals surface area contributed by atoms with E-state index in [0.717, 1.165) is 12.8 Å². The zero-order chi connectivity index (χ0) is 22.3. The lowest BCUT2D eigenvalue weighted by Crippen LogP contribution is -2.27. The molecular weight excluding hydrogens is 384 g/mol. The fraction of sp³-hybridized carbons (Fsp3) is 0.304. The molecule has 1 aromatic heterocycles. The maximum absolute atomic E-state index is 12.3. The van der Waals surface area contributed by atoms with Gasteiger partial charge in [0, 0.05) is 23.2 Å². The zero-order valence-electron chi connectivity index (χ0n) is 17.4. The van der Waals surface area contributed by atoms with Gasteiger partial charge in [-0.15, -0.1) is 0 Å². The van der Waals surface area contributed by atoms with Crippen molar-refractivity contribution < 1.29 is 24.2 Å². The van der Waals surface area contributed by atoms with Crippen molar-refractivity contribution in [1.82, 2.24) is 10.3 Å². The van der Waals surface area contributed by atoms with E-state index < -0.39 is 11.9 Å². The number of carbonyl (C=O) groups excluding carboxylic acids is 2. The predicted molar refractivity (Wildman–Crippen MR) is 115 cm³/mol. The lowest BCUT2D eigenvalue weighted by molar-refractivity contribution is 0.0691. The lowest BCUT2D eigenvalue weighted by Gasteiger charge is -2.13. The third-order valence-electron chi connectivity index (χ3n) is 4.62. The third-order valence-corrected chi connectivity index (χ3v) is 4.62. The van der Waals surface area contributed by atoms with E-state index in [4.69, 9.17) is 4.74 Å². The minimum atomic E-state index is -1.30. The maximum Gasteiger partial charge on any atom is 0.355 e. The van der Waals surface area contributed by atoms with Gasteiger partial charge in [0.15, 0.2) is 12.0 Å². The Morgan fingerprint density at radius 2 is 1.93 bits per heavy atom. The van der Waals surface area contributed by atoms with Crippen LogP contribution in [0.15, 0.2) is 30.8 Å². The van der Waals surface area contributed by atoms with Crippen molar-refractivity contribution >= 4 is 24.2 Å². The quantitative estimate of drug-likeness (QED) is 0.636. The number of carboxylic acid groups (broad SMARTS) is 1. The first kappa shape index (κ1) is 22.8. The van der Waals surface area contributed by atoms with Gasteiger partial charge in [-0.1, -0.05) is 26.5 Å². The Morgan fingerprint density at radius 1 is 1.23 bits per heavy atom. The SMILES string of the molecule is C=Cc1cc(C=O)c(-c2ccc(C(=O)NCC3CC3)nc2C(=O)O)cc1OC.CC. The van der Waals surface area contributed by atoms with Gasteiger partial charge in [0.2, 0.25) is 0 Å². The number of rotatable bonds is 8. The number of carboxylic acids is 1. The van der Waals surface area contributed by atoms with E-state index in [-0.39, 0.29) is 22.5 Å². The van der Waals surface area contributed by atoms with Crippen molar-refractivity contribution in [3.05, 3.63) is 53.4 Å². The highest BCUT2D eigenvalue weighted by molar-refractivity contribution is 6.01. The van der Waals surface area contributed by atoms with E-state index in [1.807, 2.05) is 13.8 Å². The number of aldehydes is 1. The molecule has 158 valence electrons. The molecule has 0 aliphatic heterocycles. The lowest BCUT2D eigenvalue weighted by atomic mass is 9.95. The molecule has 1 aliphatic carbocycles. The molecule has 0 unspecified atom stereocenters. The molecule has 3 rings (SSSR count). The summed E-state index contributed by atoms with van der Waals surface area (Å²) in [7, 11) is 1.47. The second-order valence-electron chi connectivity index (χ2n) is 6.55. The third kappa shape index (κ3) is 5.11. The molecule has 1 fully saturated rings. The average Bonchev–Trinajstić information content (AvgIpc) is 3.61. The van der Waals surface area contributed by atoms with Crippen LogP contribution >= 0.6 is 0 Å². The van der Waals surface area contributed by atoms with E-state index >= 15 is 0 Å². The smallest absolute Gasteiger partial charge is 0.355 e. The Labute approximate surface area is 175 Å². The standard InChI is InChI=1S/C21H20N2O5.C2H6/c1-3-13-8-14(11-24)16(9-18(13)28-2)15-6-7-17(23-19(15)21(26)27)20(25)22-10-12-4-5-12;1-2/h3,6-9,11-12H,1,4-5,10H2,2H3,(H,22,25)(H,26,27);1-2H3. The average molecular weight is 410 g/mol. The number of carbonyl (C=O) groups is 3. The Bertz CT molecular complexity index is 964.